The first-order valence-electron chi connectivity index (χ1n) is 9.55. The number of hydrogen-bond donors (Lipinski definition) is 2. The van der Waals surface area contributed by atoms with Gasteiger partial charge in [0, 0.05) is 36.1 Å². The molecule has 152 valence electrons. The molecule has 3 aromatic rings. The molecule has 0 saturated heterocycles. The van der Waals surface area contributed by atoms with Gasteiger partial charge in [0.1, 0.15) is 11.7 Å². The number of carbonyl (C=O) groups excluding carboxylic acids is 2. The Hall–Kier alpha value is -3.42. The van der Waals surface area contributed by atoms with Crippen LogP contribution < -0.4 is 10.9 Å². The second kappa shape index (κ2) is 9.18. The fourth-order valence-electron chi connectivity index (χ4n) is 3.13. The van der Waals surface area contributed by atoms with Gasteiger partial charge < -0.3 is 15.0 Å². The van der Waals surface area contributed by atoms with Crippen molar-refractivity contribution in [2.75, 3.05) is 7.11 Å². The molecule has 0 aliphatic heterocycles. The average Bonchev–Trinajstić information content (AvgIpc) is 3.15. The number of H-pyrrole nitrogens is 1. The maximum Gasteiger partial charge on any atom is 0.328 e. The van der Waals surface area contributed by atoms with Crippen molar-refractivity contribution in [2.45, 2.75) is 38.8 Å². The minimum atomic E-state index is -0.885. The van der Waals surface area contributed by atoms with Gasteiger partial charge in [0.2, 0.25) is 0 Å². The second-order valence-corrected chi connectivity index (χ2v) is 6.75. The van der Waals surface area contributed by atoms with Gasteiger partial charge in [-0.05, 0) is 24.1 Å². The number of aromatic amines is 1. The first-order chi connectivity index (χ1) is 14.0. The van der Waals surface area contributed by atoms with Gasteiger partial charge in [0.25, 0.3) is 11.5 Å². The van der Waals surface area contributed by atoms with Gasteiger partial charge in [-0.25, -0.2) is 9.48 Å². The number of aryl methyl sites for hydroxylation is 1. The molecular formula is C21H24N4O4. The topological polar surface area (TPSA) is 106 Å². The van der Waals surface area contributed by atoms with Crippen LogP contribution in [0, 0.1) is 0 Å². The van der Waals surface area contributed by atoms with Crippen molar-refractivity contribution in [3.05, 3.63) is 64.2 Å². The number of amides is 1. The van der Waals surface area contributed by atoms with Crippen LogP contribution in [0.25, 0.3) is 10.9 Å². The predicted molar refractivity (Wildman–Crippen MR) is 109 cm³/mol. The van der Waals surface area contributed by atoms with Crippen molar-refractivity contribution in [2.24, 2.45) is 0 Å². The van der Waals surface area contributed by atoms with Crippen LogP contribution in [0.2, 0.25) is 0 Å². The van der Waals surface area contributed by atoms with Crippen molar-refractivity contribution in [3.8, 4) is 0 Å². The number of unbranched alkanes of at least 4 members (excludes halogenated alkanes) is 1. The third kappa shape index (κ3) is 4.71. The summed E-state index contributed by atoms with van der Waals surface area (Å²) in [5, 5.41) is 7.79. The number of hydrogen-bond acceptors (Lipinski definition) is 5. The van der Waals surface area contributed by atoms with E-state index in [9.17, 15) is 14.4 Å². The second-order valence-electron chi connectivity index (χ2n) is 6.75. The van der Waals surface area contributed by atoms with Crippen LogP contribution in [-0.2, 0) is 22.5 Å². The first kappa shape index (κ1) is 20.3. The van der Waals surface area contributed by atoms with E-state index in [1.807, 2.05) is 37.4 Å². The molecule has 29 heavy (non-hydrogen) atoms. The molecule has 1 aromatic carbocycles. The fraction of sp³-hybridized carbons (Fsp3) is 0.333. The number of nitrogens with zero attached hydrogens (tertiary/aromatic N) is 2. The predicted octanol–water partition coefficient (Wildman–Crippen LogP) is 2.04. The molecule has 2 aromatic heterocycles. The van der Waals surface area contributed by atoms with E-state index >= 15 is 0 Å². The average molecular weight is 396 g/mol. The Morgan fingerprint density at radius 3 is 2.79 bits per heavy atom. The number of carbonyl (C=O) groups is 2. The number of fused-ring (bicyclic) bond motifs is 1. The standard InChI is InChI=1S/C21H24N4O4/c1-3-4-11-25-19(26)10-9-17(24-25)20(27)23-18(21(28)29-2)12-14-13-22-16-8-6-5-7-15(14)16/h5-10,13,18,22H,3-4,11-12H2,1-2H3,(H,23,27). The number of ether oxygens (including phenoxy) is 1. The van der Waals surface area contributed by atoms with Crippen molar-refractivity contribution >= 4 is 22.8 Å². The third-order valence-corrected chi connectivity index (χ3v) is 4.71. The van der Waals surface area contributed by atoms with E-state index < -0.39 is 17.9 Å². The van der Waals surface area contributed by atoms with Gasteiger partial charge >= 0.3 is 5.97 Å². The monoisotopic (exact) mass is 396 g/mol. The molecule has 2 N–H and O–H groups in total. The maximum absolute atomic E-state index is 12.7. The zero-order chi connectivity index (χ0) is 20.8. The molecule has 8 nitrogen and oxygen atoms in total. The number of methoxy groups -OCH3 is 1. The van der Waals surface area contributed by atoms with Crippen molar-refractivity contribution in [3.63, 3.8) is 0 Å². The number of aromatic nitrogens is 3. The number of esters is 1. The minimum Gasteiger partial charge on any atom is -0.467 e. The molecule has 0 aliphatic rings. The van der Waals surface area contributed by atoms with E-state index in [0.29, 0.717) is 6.54 Å². The summed E-state index contributed by atoms with van der Waals surface area (Å²) in [7, 11) is 1.28. The molecule has 0 bridgehead atoms. The van der Waals surface area contributed by atoms with Crippen molar-refractivity contribution < 1.29 is 14.3 Å². The van der Waals surface area contributed by atoms with Crippen LogP contribution in [0.15, 0.2) is 47.4 Å². The van der Waals surface area contributed by atoms with E-state index in [2.05, 4.69) is 15.4 Å². The van der Waals surface area contributed by atoms with E-state index in [-0.39, 0.29) is 17.7 Å². The van der Waals surface area contributed by atoms with E-state index in [0.717, 1.165) is 29.3 Å². The lowest BCUT2D eigenvalue weighted by Crippen LogP contribution is -2.43. The normalized spacial score (nSPS) is 11.9. The summed E-state index contributed by atoms with van der Waals surface area (Å²) in [5.41, 5.74) is 1.64. The number of rotatable bonds is 8. The highest BCUT2D eigenvalue weighted by molar-refractivity contribution is 5.95. The molecule has 0 radical (unpaired) electrons. The lowest BCUT2D eigenvalue weighted by atomic mass is 10.0. The Bertz CT molecular complexity index is 1070. The Morgan fingerprint density at radius 1 is 1.24 bits per heavy atom. The lowest BCUT2D eigenvalue weighted by Gasteiger charge is -2.16. The molecule has 0 fully saturated rings. The van der Waals surface area contributed by atoms with Gasteiger partial charge in [-0.2, -0.15) is 5.10 Å². The summed E-state index contributed by atoms with van der Waals surface area (Å²) in [6.45, 7) is 2.44. The summed E-state index contributed by atoms with van der Waals surface area (Å²) < 4.78 is 6.14. The number of benzene rings is 1. The molecule has 8 heteroatoms. The fourth-order valence-corrected chi connectivity index (χ4v) is 3.13. The summed E-state index contributed by atoms with van der Waals surface area (Å²) in [4.78, 5) is 40.0. The molecule has 0 spiro atoms. The van der Waals surface area contributed by atoms with E-state index in [1.165, 1.54) is 23.9 Å². The highest BCUT2D eigenvalue weighted by Gasteiger charge is 2.24. The zero-order valence-corrected chi connectivity index (χ0v) is 16.5. The molecule has 1 amide bonds. The highest BCUT2D eigenvalue weighted by atomic mass is 16.5. The summed E-state index contributed by atoms with van der Waals surface area (Å²) in [5.74, 6) is -1.09. The number of nitrogens with one attached hydrogen (secondary N) is 2. The van der Waals surface area contributed by atoms with Crippen LogP contribution in [-0.4, -0.2) is 39.8 Å². The summed E-state index contributed by atoms with van der Waals surface area (Å²) >= 11 is 0. The van der Waals surface area contributed by atoms with Crippen LogP contribution in [0.3, 0.4) is 0 Å². The largest absolute Gasteiger partial charge is 0.467 e. The molecule has 3 rings (SSSR count). The number of para-hydroxylation sites is 1. The molecule has 1 atom stereocenters. The van der Waals surface area contributed by atoms with Crippen LogP contribution in [0.1, 0.15) is 35.8 Å². The Morgan fingerprint density at radius 2 is 2.03 bits per heavy atom. The van der Waals surface area contributed by atoms with Crippen LogP contribution in [0.5, 0.6) is 0 Å². The lowest BCUT2D eigenvalue weighted by molar-refractivity contribution is -0.142. The molecule has 0 saturated carbocycles. The Balaban J connectivity index is 1.81. The minimum absolute atomic E-state index is 0.0773. The van der Waals surface area contributed by atoms with Gasteiger partial charge in [-0.1, -0.05) is 31.5 Å². The van der Waals surface area contributed by atoms with Gasteiger partial charge in [0.15, 0.2) is 0 Å². The van der Waals surface area contributed by atoms with Gasteiger partial charge in [0.05, 0.1) is 7.11 Å². The highest BCUT2D eigenvalue weighted by Crippen LogP contribution is 2.19. The van der Waals surface area contributed by atoms with Crippen LogP contribution in [0.4, 0.5) is 0 Å². The Labute approximate surface area is 167 Å². The van der Waals surface area contributed by atoms with Gasteiger partial charge in [-0.3, -0.25) is 9.59 Å². The quantitative estimate of drug-likeness (QED) is 0.567. The maximum atomic E-state index is 12.7. The third-order valence-electron chi connectivity index (χ3n) is 4.71. The SMILES string of the molecule is CCCCn1nc(C(=O)NC(Cc2c[nH]c3ccccc23)C(=O)OC)ccc1=O. The molecular weight excluding hydrogens is 372 g/mol. The van der Waals surface area contributed by atoms with E-state index in [4.69, 9.17) is 4.74 Å². The van der Waals surface area contributed by atoms with Gasteiger partial charge in [-0.15, -0.1) is 0 Å². The zero-order valence-electron chi connectivity index (χ0n) is 16.5. The van der Waals surface area contributed by atoms with Crippen molar-refractivity contribution in [1.29, 1.82) is 0 Å². The smallest absolute Gasteiger partial charge is 0.328 e. The van der Waals surface area contributed by atoms with Crippen molar-refractivity contribution in [1.82, 2.24) is 20.1 Å². The van der Waals surface area contributed by atoms with E-state index in [1.54, 1.807) is 0 Å². The van der Waals surface area contributed by atoms with Crippen LogP contribution >= 0.6 is 0 Å². The molecule has 1 unspecified atom stereocenters. The summed E-state index contributed by atoms with van der Waals surface area (Å²) in [6, 6.07) is 9.50. The first-order valence-corrected chi connectivity index (χ1v) is 9.55. The molecule has 0 aliphatic carbocycles. The molecule has 2 heterocycles. The Kier molecular flexibility index (Phi) is 6.43. The summed E-state index contributed by atoms with van der Waals surface area (Å²) in [6.07, 6.45) is 3.76.